The van der Waals surface area contributed by atoms with Crippen molar-refractivity contribution in [2.75, 3.05) is 13.2 Å². The van der Waals surface area contributed by atoms with Gasteiger partial charge in [0, 0.05) is 19.0 Å². The molecule has 0 saturated heterocycles. The Balaban J connectivity index is 3.63. The van der Waals surface area contributed by atoms with E-state index in [2.05, 4.69) is 17.6 Å². The zero-order valence-corrected chi connectivity index (χ0v) is 12.6. The van der Waals surface area contributed by atoms with E-state index in [4.69, 9.17) is 9.84 Å². The molecular formula is C14H28N2O4. The van der Waals surface area contributed by atoms with E-state index in [-0.39, 0.29) is 12.6 Å². The summed E-state index contributed by atoms with van der Waals surface area (Å²) in [6.45, 7) is 4.98. The summed E-state index contributed by atoms with van der Waals surface area (Å²) in [5.74, 6) is 0. The predicted molar refractivity (Wildman–Crippen MR) is 78.0 cm³/mol. The summed E-state index contributed by atoms with van der Waals surface area (Å²) in [6, 6.07) is -0.158. The molecular weight excluding hydrogens is 260 g/mol. The van der Waals surface area contributed by atoms with Gasteiger partial charge in [0.05, 0.1) is 6.61 Å². The fraction of sp³-hybridized carbons (Fsp3) is 0.857. The largest absolute Gasteiger partial charge is 0.465 e. The van der Waals surface area contributed by atoms with Gasteiger partial charge in [-0.05, 0) is 12.8 Å². The highest BCUT2D eigenvalue weighted by atomic mass is 16.5. The van der Waals surface area contributed by atoms with Crippen LogP contribution < -0.4 is 10.6 Å². The van der Waals surface area contributed by atoms with Crippen molar-refractivity contribution >= 4 is 12.2 Å². The van der Waals surface area contributed by atoms with E-state index in [1.165, 1.54) is 12.8 Å². The van der Waals surface area contributed by atoms with Crippen molar-refractivity contribution in [2.45, 2.75) is 64.8 Å². The molecule has 0 heterocycles. The maximum absolute atomic E-state index is 11.4. The molecule has 0 spiro atoms. The van der Waals surface area contributed by atoms with Crippen molar-refractivity contribution in [3.8, 4) is 0 Å². The lowest BCUT2D eigenvalue weighted by atomic mass is 10.1. The minimum atomic E-state index is -1.04. The number of unbranched alkanes of at least 4 members (excludes halogenated alkanes) is 3. The van der Waals surface area contributed by atoms with Crippen LogP contribution in [0.2, 0.25) is 0 Å². The number of alkyl carbamates (subject to hydrolysis) is 1. The van der Waals surface area contributed by atoms with E-state index in [9.17, 15) is 9.59 Å². The van der Waals surface area contributed by atoms with E-state index < -0.39 is 12.2 Å². The summed E-state index contributed by atoms with van der Waals surface area (Å²) < 4.78 is 5.02. The summed E-state index contributed by atoms with van der Waals surface area (Å²) in [7, 11) is 0. The Hall–Kier alpha value is -1.46. The van der Waals surface area contributed by atoms with Gasteiger partial charge >= 0.3 is 12.2 Å². The van der Waals surface area contributed by atoms with Gasteiger partial charge in [0.15, 0.2) is 0 Å². The normalized spacial score (nSPS) is 11.7. The first kappa shape index (κ1) is 18.5. The molecule has 0 fully saturated rings. The highest BCUT2D eigenvalue weighted by Crippen LogP contribution is 2.02. The molecule has 0 aliphatic carbocycles. The first-order valence-electron chi connectivity index (χ1n) is 7.50. The second-order valence-corrected chi connectivity index (χ2v) is 4.85. The van der Waals surface area contributed by atoms with Crippen LogP contribution >= 0.6 is 0 Å². The Bertz CT molecular complexity index is 272. The van der Waals surface area contributed by atoms with Crippen molar-refractivity contribution < 1.29 is 19.4 Å². The van der Waals surface area contributed by atoms with Crippen LogP contribution in [-0.2, 0) is 4.74 Å². The van der Waals surface area contributed by atoms with Gasteiger partial charge in [-0.1, -0.05) is 39.5 Å². The summed E-state index contributed by atoms with van der Waals surface area (Å²) in [6.07, 6.45) is 5.08. The topological polar surface area (TPSA) is 87.7 Å². The van der Waals surface area contributed by atoms with E-state index in [1.54, 1.807) is 0 Å². The zero-order chi connectivity index (χ0) is 15.2. The van der Waals surface area contributed by atoms with Gasteiger partial charge < -0.3 is 20.5 Å². The molecule has 0 aromatic rings. The molecule has 6 heteroatoms. The van der Waals surface area contributed by atoms with Crippen LogP contribution in [0.25, 0.3) is 0 Å². The Labute approximate surface area is 121 Å². The lowest BCUT2D eigenvalue weighted by Gasteiger charge is -2.16. The lowest BCUT2D eigenvalue weighted by Crippen LogP contribution is -2.35. The molecule has 0 rings (SSSR count). The van der Waals surface area contributed by atoms with Crippen LogP contribution in [0.5, 0.6) is 0 Å². The molecule has 0 aromatic carbocycles. The standard InChI is InChI=1S/C14H28N2O4/c1-3-5-6-7-10-15-14(19)20-11-9-12(8-4-2)16-13(17)18/h12,16H,3-11H2,1-2H3,(H,15,19)(H,17,18). The van der Waals surface area contributed by atoms with E-state index in [0.29, 0.717) is 13.0 Å². The summed E-state index contributed by atoms with van der Waals surface area (Å²) in [5, 5.41) is 13.8. The number of nitrogens with one attached hydrogen (secondary N) is 2. The van der Waals surface area contributed by atoms with Gasteiger partial charge in [-0.25, -0.2) is 9.59 Å². The van der Waals surface area contributed by atoms with Crippen LogP contribution in [0.1, 0.15) is 58.8 Å². The number of rotatable bonds is 11. The minimum Gasteiger partial charge on any atom is -0.465 e. The fourth-order valence-corrected chi connectivity index (χ4v) is 1.90. The van der Waals surface area contributed by atoms with Gasteiger partial charge in [-0.3, -0.25) is 0 Å². The van der Waals surface area contributed by atoms with Crippen molar-refractivity contribution in [3.05, 3.63) is 0 Å². The molecule has 2 amide bonds. The number of carbonyl (C=O) groups is 2. The van der Waals surface area contributed by atoms with Gasteiger partial charge in [-0.15, -0.1) is 0 Å². The van der Waals surface area contributed by atoms with E-state index in [1.807, 2.05) is 6.92 Å². The number of carboxylic acid groups (broad SMARTS) is 1. The second kappa shape index (κ2) is 12.6. The van der Waals surface area contributed by atoms with Gasteiger partial charge in [0.25, 0.3) is 0 Å². The van der Waals surface area contributed by atoms with Gasteiger partial charge in [-0.2, -0.15) is 0 Å². The molecule has 0 radical (unpaired) electrons. The van der Waals surface area contributed by atoms with E-state index in [0.717, 1.165) is 25.7 Å². The molecule has 0 aromatic heterocycles. The van der Waals surface area contributed by atoms with Gasteiger partial charge in [0.2, 0.25) is 0 Å². The first-order chi connectivity index (χ1) is 9.60. The summed E-state index contributed by atoms with van der Waals surface area (Å²) in [5.41, 5.74) is 0. The SMILES string of the molecule is CCCCCCNC(=O)OCCC(CCC)NC(=O)O. The Morgan fingerprint density at radius 2 is 1.85 bits per heavy atom. The van der Waals surface area contributed by atoms with Crippen LogP contribution in [-0.4, -0.2) is 36.5 Å². The smallest absolute Gasteiger partial charge is 0.407 e. The maximum atomic E-state index is 11.4. The lowest BCUT2D eigenvalue weighted by molar-refractivity contribution is 0.139. The number of carbonyl (C=O) groups excluding carboxylic acids is 1. The molecule has 20 heavy (non-hydrogen) atoms. The van der Waals surface area contributed by atoms with Crippen molar-refractivity contribution in [1.29, 1.82) is 0 Å². The quantitative estimate of drug-likeness (QED) is 0.510. The van der Waals surface area contributed by atoms with Crippen LogP contribution in [0.3, 0.4) is 0 Å². The second-order valence-electron chi connectivity index (χ2n) is 4.85. The molecule has 0 aliphatic heterocycles. The zero-order valence-electron chi connectivity index (χ0n) is 12.6. The third-order valence-electron chi connectivity index (χ3n) is 2.96. The average molecular weight is 288 g/mol. The van der Waals surface area contributed by atoms with Gasteiger partial charge in [0.1, 0.15) is 0 Å². The highest BCUT2D eigenvalue weighted by Gasteiger charge is 2.11. The number of ether oxygens (including phenoxy) is 1. The molecule has 3 N–H and O–H groups in total. The first-order valence-corrected chi connectivity index (χ1v) is 7.50. The van der Waals surface area contributed by atoms with Crippen molar-refractivity contribution in [2.24, 2.45) is 0 Å². The number of amides is 2. The van der Waals surface area contributed by atoms with Crippen molar-refractivity contribution in [3.63, 3.8) is 0 Å². The number of hydrogen-bond acceptors (Lipinski definition) is 3. The molecule has 1 atom stereocenters. The van der Waals surface area contributed by atoms with E-state index >= 15 is 0 Å². The van der Waals surface area contributed by atoms with Crippen LogP contribution in [0.15, 0.2) is 0 Å². The Kier molecular flexibility index (Phi) is 11.7. The Morgan fingerprint density at radius 3 is 2.45 bits per heavy atom. The summed E-state index contributed by atoms with van der Waals surface area (Å²) in [4.78, 5) is 21.9. The fourth-order valence-electron chi connectivity index (χ4n) is 1.90. The Morgan fingerprint density at radius 1 is 1.10 bits per heavy atom. The molecule has 1 unspecified atom stereocenters. The molecule has 0 bridgehead atoms. The minimum absolute atomic E-state index is 0.158. The van der Waals surface area contributed by atoms with Crippen LogP contribution in [0.4, 0.5) is 9.59 Å². The number of hydrogen-bond donors (Lipinski definition) is 3. The third-order valence-corrected chi connectivity index (χ3v) is 2.96. The van der Waals surface area contributed by atoms with Crippen molar-refractivity contribution in [1.82, 2.24) is 10.6 Å². The molecule has 0 saturated carbocycles. The molecule has 6 nitrogen and oxygen atoms in total. The third kappa shape index (κ3) is 11.6. The molecule has 0 aliphatic rings. The average Bonchev–Trinajstić information content (AvgIpc) is 2.38. The predicted octanol–water partition coefficient (Wildman–Crippen LogP) is 3.12. The maximum Gasteiger partial charge on any atom is 0.407 e. The van der Waals surface area contributed by atoms with Crippen LogP contribution in [0, 0.1) is 0 Å². The summed E-state index contributed by atoms with van der Waals surface area (Å²) >= 11 is 0. The highest BCUT2D eigenvalue weighted by molar-refractivity contribution is 5.67. The monoisotopic (exact) mass is 288 g/mol. The molecule has 118 valence electrons.